The summed E-state index contributed by atoms with van der Waals surface area (Å²) in [6.45, 7) is 9.56. The van der Waals surface area contributed by atoms with Crippen LogP contribution in [0.3, 0.4) is 0 Å². The van der Waals surface area contributed by atoms with E-state index in [4.69, 9.17) is 4.42 Å². The number of allylic oxidation sites excluding steroid dienone is 2. The van der Waals surface area contributed by atoms with E-state index in [1.807, 2.05) is 0 Å². The van der Waals surface area contributed by atoms with Crippen molar-refractivity contribution < 1.29 is 4.42 Å². The molecule has 4 aliphatic rings. The van der Waals surface area contributed by atoms with E-state index in [0.717, 1.165) is 22.5 Å². The van der Waals surface area contributed by atoms with Gasteiger partial charge < -0.3 is 9.32 Å². The normalized spacial score (nSPS) is 20.2. The molecule has 8 aromatic rings. The lowest BCUT2D eigenvalue weighted by atomic mass is 9.80. The van der Waals surface area contributed by atoms with E-state index in [1.165, 1.54) is 90.5 Å². The van der Waals surface area contributed by atoms with Crippen LogP contribution in [0.25, 0.3) is 55.3 Å². The highest BCUT2D eigenvalue weighted by Crippen LogP contribution is 2.57. The fourth-order valence-electron chi connectivity index (χ4n) is 11.5. The lowest BCUT2D eigenvalue weighted by molar-refractivity contribution is 0.586. The number of anilines is 3. The van der Waals surface area contributed by atoms with Crippen molar-refractivity contribution in [3.8, 4) is 33.4 Å². The summed E-state index contributed by atoms with van der Waals surface area (Å²) in [5.74, 6) is 1.92. The van der Waals surface area contributed by atoms with E-state index in [1.54, 1.807) is 0 Å². The molecule has 1 heterocycles. The molecule has 0 saturated heterocycles. The lowest BCUT2D eigenvalue weighted by Gasteiger charge is -2.33. The van der Waals surface area contributed by atoms with Crippen molar-refractivity contribution in [1.82, 2.24) is 0 Å². The first-order valence-corrected chi connectivity index (χ1v) is 20.8. The molecule has 2 heteroatoms. The second-order valence-corrected chi connectivity index (χ2v) is 18.1. The number of hydrogen-bond acceptors (Lipinski definition) is 2. The van der Waals surface area contributed by atoms with Crippen LogP contribution in [-0.4, -0.2) is 0 Å². The predicted octanol–water partition coefficient (Wildman–Crippen LogP) is 15.0. The molecule has 0 amide bonds. The van der Waals surface area contributed by atoms with E-state index >= 15 is 0 Å². The van der Waals surface area contributed by atoms with E-state index in [2.05, 4.69) is 190 Å². The Hall–Kier alpha value is -6.12. The summed E-state index contributed by atoms with van der Waals surface area (Å²) in [5.41, 5.74) is 19.7. The molecule has 12 rings (SSSR count). The van der Waals surface area contributed by atoms with Crippen molar-refractivity contribution in [2.75, 3.05) is 4.90 Å². The van der Waals surface area contributed by atoms with Gasteiger partial charge in [0.15, 0.2) is 0 Å². The SMILES string of the molecule is CC1(C)c2ccccc2-c2cc(N(c3cccc4c3C(C)(C)c3cc(-c5ccccc5)ccc3-4)c3cccc4oc5ccc(C6CC7C=CC6C7)cc5c34)ccc21. The average Bonchev–Trinajstić information content (AvgIpc) is 4.05. The van der Waals surface area contributed by atoms with E-state index in [-0.39, 0.29) is 10.8 Å². The summed E-state index contributed by atoms with van der Waals surface area (Å²) in [5, 5.41) is 2.37. The Balaban J connectivity index is 1.11. The minimum Gasteiger partial charge on any atom is -0.456 e. The topological polar surface area (TPSA) is 16.4 Å². The second kappa shape index (κ2) is 11.7. The third-order valence-corrected chi connectivity index (χ3v) is 14.3. The Bertz CT molecular complexity index is 3000. The van der Waals surface area contributed by atoms with Gasteiger partial charge in [-0.1, -0.05) is 137 Å². The highest BCUT2D eigenvalue weighted by molar-refractivity contribution is 6.14. The van der Waals surface area contributed by atoms with Crippen LogP contribution >= 0.6 is 0 Å². The van der Waals surface area contributed by atoms with Gasteiger partial charge >= 0.3 is 0 Å². The molecule has 0 N–H and O–H groups in total. The summed E-state index contributed by atoms with van der Waals surface area (Å²) in [4.78, 5) is 2.56. The number of fused-ring (bicyclic) bond motifs is 11. The van der Waals surface area contributed by atoms with Gasteiger partial charge in [-0.3, -0.25) is 0 Å². The fraction of sp³-hybridized carbons (Fsp3) is 0.200. The molecule has 276 valence electrons. The molecule has 7 aromatic carbocycles. The molecule has 4 aliphatic carbocycles. The molecule has 1 saturated carbocycles. The summed E-state index contributed by atoms with van der Waals surface area (Å²) < 4.78 is 6.74. The van der Waals surface area contributed by atoms with Crippen LogP contribution in [0.2, 0.25) is 0 Å². The smallest absolute Gasteiger partial charge is 0.137 e. The van der Waals surface area contributed by atoms with E-state index in [9.17, 15) is 0 Å². The highest BCUT2D eigenvalue weighted by Gasteiger charge is 2.41. The Morgan fingerprint density at radius 2 is 1.30 bits per heavy atom. The standard InChI is InChI=1S/C55H45NO/c1-54(2)45-16-9-8-14-39(45)43-32-38(24-26-46(43)54)56(48-17-11-19-51-52(48)44-30-37(23-27-50(44)57-51)42-29-33-20-21-36(42)28-33)49-18-10-15-41-40-25-22-35(34-12-6-5-7-13-34)31-47(40)55(3,4)53(41)49/h5-27,30-33,36,42H,28-29H2,1-4H3. The largest absolute Gasteiger partial charge is 0.456 e. The summed E-state index contributed by atoms with van der Waals surface area (Å²) in [6, 6.07) is 54.7. The maximum Gasteiger partial charge on any atom is 0.137 e. The van der Waals surface area contributed by atoms with E-state index < -0.39 is 0 Å². The van der Waals surface area contributed by atoms with Crippen LogP contribution in [0.15, 0.2) is 162 Å². The first kappa shape index (κ1) is 33.1. The molecule has 0 radical (unpaired) electrons. The Kier molecular flexibility index (Phi) is 6.79. The molecule has 1 aromatic heterocycles. The van der Waals surface area contributed by atoms with Gasteiger partial charge in [0.25, 0.3) is 0 Å². The molecule has 57 heavy (non-hydrogen) atoms. The third kappa shape index (κ3) is 4.65. The van der Waals surface area contributed by atoms with Gasteiger partial charge in [-0.15, -0.1) is 0 Å². The zero-order chi connectivity index (χ0) is 38.2. The quantitative estimate of drug-likeness (QED) is 0.164. The van der Waals surface area contributed by atoms with E-state index in [0.29, 0.717) is 17.8 Å². The minimum absolute atomic E-state index is 0.0740. The maximum absolute atomic E-state index is 6.74. The van der Waals surface area contributed by atoms with Gasteiger partial charge in [-0.2, -0.15) is 0 Å². The Morgan fingerprint density at radius 1 is 0.526 bits per heavy atom. The molecule has 3 unspecified atom stereocenters. The van der Waals surface area contributed by atoms with Crippen molar-refractivity contribution in [3.05, 3.63) is 186 Å². The van der Waals surface area contributed by atoms with Gasteiger partial charge in [0.2, 0.25) is 0 Å². The number of rotatable bonds is 5. The molecule has 0 spiro atoms. The Labute approximate surface area is 335 Å². The number of furan rings is 1. The van der Waals surface area contributed by atoms with Crippen LogP contribution in [0.5, 0.6) is 0 Å². The van der Waals surface area contributed by atoms with Crippen molar-refractivity contribution in [1.29, 1.82) is 0 Å². The van der Waals surface area contributed by atoms with Crippen LogP contribution in [0, 0.1) is 11.8 Å². The van der Waals surface area contributed by atoms with Gasteiger partial charge in [0.1, 0.15) is 11.2 Å². The van der Waals surface area contributed by atoms with Crippen LogP contribution in [0.1, 0.15) is 74.3 Å². The molecular formula is C55H45NO. The zero-order valence-electron chi connectivity index (χ0n) is 33.0. The number of nitrogens with zero attached hydrogens (tertiary/aromatic N) is 1. The summed E-state index contributed by atoms with van der Waals surface area (Å²) in [6.07, 6.45) is 7.44. The molecule has 0 aliphatic heterocycles. The van der Waals surface area contributed by atoms with Gasteiger partial charge in [-0.05, 0) is 140 Å². The van der Waals surface area contributed by atoms with Crippen LogP contribution in [-0.2, 0) is 10.8 Å². The Morgan fingerprint density at radius 3 is 2.14 bits per heavy atom. The fourth-order valence-corrected chi connectivity index (χ4v) is 11.5. The lowest BCUT2D eigenvalue weighted by Crippen LogP contribution is -2.21. The predicted molar refractivity (Wildman–Crippen MR) is 237 cm³/mol. The molecular weight excluding hydrogens is 691 g/mol. The number of benzene rings is 7. The average molecular weight is 736 g/mol. The summed E-state index contributed by atoms with van der Waals surface area (Å²) in [7, 11) is 0. The second-order valence-electron chi connectivity index (χ2n) is 18.1. The van der Waals surface area contributed by atoms with Crippen LogP contribution in [0.4, 0.5) is 17.1 Å². The van der Waals surface area contributed by atoms with Crippen molar-refractivity contribution in [2.45, 2.75) is 57.3 Å². The third-order valence-electron chi connectivity index (χ3n) is 14.3. The van der Waals surface area contributed by atoms with Crippen LogP contribution < -0.4 is 4.90 Å². The zero-order valence-corrected chi connectivity index (χ0v) is 33.0. The van der Waals surface area contributed by atoms with Gasteiger partial charge in [-0.25, -0.2) is 0 Å². The highest BCUT2D eigenvalue weighted by atomic mass is 16.3. The van der Waals surface area contributed by atoms with Crippen molar-refractivity contribution in [2.24, 2.45) is 11.8 Å². The van der Waals surface area contributed by atoms with Gasteiger partial charge in [0.05, 0.1) is 16.8 Å². The molecule has 1 fully saturated rings. The van der Waals surface area contributed by atoms with Crippen molar-refractivity contribution >= 4 is 39.0 Å². The first-order chi connectivity index (χ1) is 27.8. The molecule has 2 bridgehead atoms. The first-order valence-electron chi connectivity index (χ1n) is 20.8. The maximum atomic E-state index is 6.74. The monoisotopic (exact) mass is 735 g/mol. The molecule has 3 atom stereocenters. The molecule has 2 nitrogen and oxygen atoms in total. The number of hydrogen-bond donors (Lipinski definition) is 0. The minimum atomic E-state index is -0.259. The van der Waals surface area contributed by atoms with Crippen molar-refractivity contribution in [3.63, 3.8) is 0 Å². The summed E-state index contributed by atoms with van der Waals surface area (Å²) >= 11 is 0. The van der Waals surface area contributed by atoms with Gasteiger partial charge in [0, 0.05) is 21.9 Å².